The molecule has 0 saturated carbocycles. The highest BCUT2D eigenvalue weighted by molar-refractivity contribution is 5.82. The standard InChI is InChI=1S/C17H24N2O2/c1-3-18-17(20)14-10-12-7-8-13(21-2)11-16(12)19-9-5-4-6-15(14)19/h7-8,11,14-15H,3-6,9-10H2,1-2H3,(H,18,20). The van der Waals surface area contributed by atoms with Crippen LogP contribution >= 0.6 is 0 Å². The Labute approximate surface area is 126 Å². The highest BCUT2D eigenvalue weighted by Gasteiger charge is 2.39. The SMILES string of the molecule is CCNC(=O)C1Cc2ccc(OC)cc2N2CCCCC12. The molecule has 1 saturated heterocycles. The van der Waals surface area contributed by atoms with Crippen LogP contribution in [0.2, 0.25) is 0 Å². The molecule has 1 amide bonds. The Kier molecular flexibility index (Phi) is 4.04. The molecule has 1 aromatic carbocycles. The first-order chi connectivity index (χ1) is 10.2. The van der Waals surface area contributed by atoms with Gasteiger partial charge >= 0.3 is 0 Å². The number of anilines is 1. The number of fused-ring (bicyclic) bond motifs is 3. The number of methoxy groups -OCH3 is 1. The van der Waals surface area contributed by atoms with E-state index in [9.17, 15) is 4.79 Å². The third-order valence-corrected chi connectivity index (χ3v) is 4.74. The molecule has 4 nitrogen and oxygen atoms in total. The molecule has 0 spiro atoms. The topological polar surface area (TPSA) is 41.6 Å². The number of nitrogens with one attached hydrogen (secondary N) is 1. The van der Waals surface area contributed by atoms with Crippen molar-refractivity contribution in [1.29, 1.82) is 0 Å². The lowest BCUT2D eigenvalue weighted by molar-refractivity contribution is -0.125. The third kappa shape index (κ3) is 2.59. The van der Waals surface area contributed by atoms with Gasteiger partial charge in [-0.15, -0.1) is 0 Å². The molecule has 1 fully saturated rings. The molecule has 21 heavy (non-hydrogen) atoms. The summed E-state index contributed by atoms with van der Waals surface area (Å²) in [6, 6.07) is 6.58. The maximum Gasteiger partial charge on any atom is 0.225 e. The van der Waals surface area contributed by atoms with Gasteiger partial charge in [0.15, 0.2) is 0 Å². The Bertz CT molecular complexity index is 530. The van der Waals surface area contributed by atoms with Gasteiger partial charge in [-0.3, -0.25) is 4.79 Å². The summed E-state index contributed by atoms with van der Waals surface area (Å²) in [5.41, 5.74) is 2.53. The Morgan fingerprint density at radius 1 is 1.43 bits per heavy atom. The molecule has 2 heterocycles. The largest absolute Gasteiger partial charge is 0.497 e. The highest BCUT2D eigenvalue weighted by Crippen LogP contribution is 2.40. The van der Waals surface area contributed by atoms with Crippen LogP contribution in [0.5, 0.6) is 5.75 Å². The van der Waals surface area contributed by atoms with Gasteiger partial charge in [-0.25, -0.2) is 0 Å². The molecule has 2 atom stereocenters. The van der Waals surface area contributed by atoms with Gasteiger partial charge in [0, 0.05) is 30.9 Å². The predicted molar refractivity (Wildman–Crippen MR) is 83.9 cm³/mol. The molecule has 0 aromatic heterocycles. The Balaban J connectivity index is 1.96. The van der Waals surface area contributed by atoms with Crippen LogP contribution in [0, 0.1) is 5.92 Å². The average Bonchev–Trinajstić information content (AvgIpc) is 2.53. The first-order valence-electron chi connectivity index (χ1n) is 7.96. The van der Waals surface area contributed by atoms with Crippen molar-refractivity contribution in [3.63, 3.8) is 0 Å². The first kappa shape index (κ1) is 14.2. The van der Waals surface area contributed by atoms with Crippen molar-refractivity contribution in [3.05, 3.63) is 23.8 Å². The van der Waals surface area contributed by atoms with Crippen LogP contribution in [0.15, 0.2) is 18.2 Å². The van der Waals surface area contributed by atoms with Gasteiger partial charge in [0.05, 0.1) is 13.0 Å². The smallest absolute Gasteiger partial charge is 0.225 e. The van der Waals surface area contributed by atoms with Gasteiger partial charge in [0.25, 0.3) is 0 Å². The van der Waals surface area contributed by atoms with E-state index in [-0.39, 0.29) is 11.8 Å². The van der Waals surface area contributed by atoms with Crippen LogP contribution in [0.4, 0.5) is 5.69 Å². The van der Waals surface area contributed by atoms with Gasteiger partial charge in [-0.1, -0.05) is 6.07 Å². The predicted octanol–water partition coefficient (Wildman–Crippen LogP) is 2.36. The number of hydrogen-bond donors (Lipinski definition) is 1. The van der Waals surface area contributed by atoms with Crippen molar-refractivity contribution >= 4 is 11.6 Å². The Morgan fingerprint density at radius 2 is 2.29 bits per heavy atom. The van der Waals surface area contributed by atoms with E-state index >= 15 is 0 Å². The van der Waals surface area contributed by atoms with Gasteiger partial charge in [-0.2, -0.15) is 0 Å². The molecule has 0 aliphatic carbocycles. The van der Waals surface area contributed by atoms with Crippen LogP contribution in [-0.2, 0) is 11.2 Å². The summed E-state index contributed by atoms with van der Waals surface area (Å²) in [7, 11) is 1.70. The fourth-order valence-electron chi connectivity index (χ4n) is 3.73. The van der Waals surface area contributed by atoms with Crippen LogP contribution in [0.1, 0.15) is 31.7 Å². The van der Waals surface area contributed by atoms with E-state index in [4.69, 9.17) is 4.74 Å². The van der Waals surface area contributed by atoms with Crippen molar-refractivity contribution in [3.8, 4) is 5.75 Å². The second-order valence-corrected chi connectivity index (χ2v) is 5.96. The van der Waals surface area contributed by atoms with Crippen molar-refractivity contribution in [2.24, 2.45) is 5.92 Å². The molecule has 3 rings (SSSR count). The second kappa shape index (κ2) is 5.96. The zero-order chi connectivity index (χ0) is 14.8. The fraction of sp³-hybridized carbons (Fsp3) is 0.588. The van der Waals surface area contributed by atoms with E-state index < -0.39 is 0 Å². The van der Waals surface area contributed by atoms with E-state index in [0.29, 0.717) is 12.6 Å². The van der Waals surface area contributed by atoms with Crippen molar-refractivity contribution < 1.29 is 9.53 Å². The van der Waals surface area contributed by atoms with Crippen LogP contribution in [0.3, 0.4) is 0 Å². The highest BCUT2D eigenvalue weighted by atomic mass is 16.5. The zero-order valence-corrected chi connectivity index (χ0v) is 12.9. The van der Waals surface area contributed by atoms with Gasteiger partial charge in [0.1, 0.15) is 5.75 Å². The Morgan fingerprint density at radius 3 is 3.05 bits per heavy atom. The summed E-state index contributed by atoms with van der Waals surface area (Å²) in [4.78, 5) is 14.9. The van der Waals surface area contributed by atoms with E-state index in [2.05, 4.69) is 22.3 Å². The number of hydrogen-bond acceptors (Lipinski definition) is 3. The lowest BCUT2D eigenvalue weighted by atomic mass is 9.80. The third-order valence-electron chi connectivity index (χ3n) is 4.74. The minimum atomic E-state index is 0.0751. The van der Waals surface area contributed by atoms with E-state index in [1.165, 1.54) is 24.1 Å². The van der Waals surface area contributed by atoms with E-state index in [0.717, 1.165) is 25.1 Å². The lowest BCUT2D eigenvalue weighted by Gasteiger charge is -2.46. The maximum atomic E-state index is 12.4. The minimum absolute atomic E-state index is 0.0751. The lowest BCUT2D eigenvalue weighted by Crippen LogP contribution is -2.53. The molecule has 0 bridgehead atoms. The molecule has 0 radical (unpaired) electrons. The molecule has 4 heteroatoms. The van der Waals surface area contributed by atoms with Crippen LogP contribution in [-0.4, -0.2) is 32.1 Å². The molecule has 2 aliphatic heterocycles. The number of nitrogens with zero attached hydrogens (tertiary/aromatic N) is 1. The minimum Gasteiger partial charge on any atom is -0.497 e. The summed E-state index contributed by atoms with van der Waals surface area (Å²) in [6.07, 6.45) is 4.37. The molecule has 2 unspecified atom stereocenters. The molecule has 114 valence electrons. The summed E-state index contributed by atoms with van der Waals surface area (Å²) >= 11 is 0. The number of piperidine rings is 1. The van der Waals surface area contributed by atoms with E-state index in [1.807, 2.05) is 13.0 Å². The van der Waals surface area contributed by atoms with Crippen LogP contribution < -0.4 is 15.0 Å². The van der Waals surface area contributed by atoms with Gasteiger partial charge in [-0.05, 0) is 44.2 Å². The number of carbonyl (C=O) groups is 1. The van der Waals surface area contributed by atoms with E-state index in [1.54, 1.807) is 7.11 Å². The number of benzene rings is 1. The average molecular weight is 288 g/mol. The summed E-state index contributed by atoms with van der Waals surface area (Å²) in [6.45, 7) is 3.73. The summed E-state index contributed by atoms with van der Waals surface area (Å²) < 4.78 is 5.37. The van der Waals surface area contributed by atoms with Crippen LogP contribution in [0.25, 0.3) is 0 Å². The maximum absolute atomic E-state index is 12.4. The van der Waals surface area contributed by atoms with Crippen molar-refractivity contribution in [1.82, 2.24) is 5.32 Å². The Hall–Kier alpha value is -1.71. The van der Waals surface area contributed by atoms with Gasteiger partial charge < -0.3 is 15.0 Å². The van der Waals surface area contributed by atoms with Crippen molar-refractivity contribution in [2.45, 2.75) is 38.6 Å². The molecular formula is C17H24N2O2. The number of amides is 1. The zero-order valence-electron chi connectivity index (χ0n) is 12.9. The monoisotopic (exact) mass is 288 g/mol. The normalized spacial score (nSPS) is 24.0. The molecular weight excluding hydrogens is 264 g/mol. The molecule has 2 aliphatic rings. The summed E-state index contributed by atoms with van der Waals surface area (Å²) in [5.74, 6) is 1.18. The second-order valence-electron chi connectivity index (χ2n) is 5.96. The van der Waals surface area contributed by atoms with Gasteiger partial charge in [0.2, 0.25) is 5.91 Å². The molecule has 1 N–H and O–H groups in total. The fourth-order valence-corrected chi connectivity index (χ4v) is 3.73. The first-order valence-corrected chi connectivity index (χ1v) is 7.96. The summed E-state index contributed by atoms with van der Waals surface area (Å²) in [5, 5.41) is 3.01. The quantitative estimate of drug-likeness (QED) is 0.928. The van der Waals surface area contributed by atoms with Crippen molar-refractivity contribution in [2.75, 3.05) is 25.1 Å². The molecule has 1 aromatic rings. The number of carbonyl (C=O) groups excluding carboxylic acids is 1. The number of ether oxygens (including phenoxy) is 1. The number of rotatable bonds is 3.